The van der Waals surface area contributed by atoms with Crippen LogP contribution in [0.2, 0.25) is 0 Å². The topological polar surface area (TPSA) is 77.7 Å². The second kappa shape index (κ2) is 5.88. The number of hydrogen-bond acceptors (Lipinski definition) is 6. The van der Waals surface area contributed by atoms with Gasteiger partial charge in [0.05, 0.1) is 18.6 Å². The molecule has 6 heteroatoms. The Kier molecular flexibility index (Phi) is 4.42. The van der Waals surface area contributed by atoms with Crippen LogP contribution in [-0.4, -0.2) is 50.6 Å². The molecule has 0 radical (unpaired) electrons. The van der Waals surface area contributed by atoms with Crippen molar-refractivity contribution in [1.82, 2.24) is 0 Å². The van der Waals surface area contributed by atoms with E-state index in [1.54, 1.807) is 13.8 Å². The summed E-state index contributed by atoms with van der Waals surface area (Å²) in [4.78, 5) is 23.3. The SMILES string of the molecule is CC(C)(CCC(=O)OCC1CO1)C(=O)OCC1CO1. The molecule has 0 amide bonds. The number of carbonyl (C=O) groups excluding carboxylic acids is 2. The first-order valence-electron chi connectivity index (χ1n) is 6.53. The zero-order valence-corrected chi connectivity index (χ0v) is 11.3. The van der Waals surface area contributed by atoms with Crippen molar-refractivity contribution in [2.45, 2.75) is 38.9 Å². The number of hydrogen-bond donors (Lipinski definition) is 0. The molecule has 6 nitrogen and oxygen atoms in total. The van der Waals surface area contributed by atoms with Crippen LogP contribution in [0.3, 0.4) is 0 Å². The van der Waals surface area contributed by atoms with Crippen LogP contribution in [0.15, 0.2) is 0 Å². The third-order valence-corrected chi connectivity index (χ3v) is 3.14. The standard InChI is InChI=1S/C13H20O6/c1-13(2,12(15)19-8-10-6-17-10)4-3-11(14)18-7-9-5-16-9/h9-10H,3-8H2,1-2H3. The van der Waals surface area contributed by atoms with Gasteiger partial charge in [-0.15, -0.1) is 0 Å². The van der Waals surface area contributed by atoms with Crippen LogP contribution in [0.25, 0.3) is 0 Å². The van der Waals surface area contributed by atoms with Gasteiger partial charge in [0.2, 0.25) is 0 Å². The molecule has 0 aliphatic carbocycles. The Bertz CT molecular complexity index is 343. The van der Waals surface area contributed by atoms with E-state index in [4.69, 9.17) is 18.9 Å². The smallest absolute Gasteiger partial charge is 0.311 e. The predicted octanol–water partition coefficient (Wildman–Crippen LogP) is 0.677. The van der Waals surface area contributed by atoms with Gasteiger partial charge in [0.15, 0.2) is 0 Å². The van der Waals surface area contributed by atoms with Crippen molar-refractivity contribution >= 4 is 11.9 Å². The fourth-order valence-corrected chi connectivity index (χ4v) is 1.47. The van der Waals surface area contributed by atoms with E-state index >= 15 is 0 Å². The van der Waals surface area contributed by atoms with Crippen LogP contribution < -0.4 is 0 Å². The van der Waals surface area contributed by atoms with E-state index in [1.165, 1.54) is 0 Å². The summed E-state index contributed by atoms with van der Waals surface area (Å²) in [7, 11) is 0. The van der Waals surface area contributed by atoms with Gasteiger partial charge in [0.1, 0.15) is 25.4 Å². The van der Waals surface area contributed by atoms with Crippen molar-refractivity contribution < 1.29 is 28.5 Å². The Balaban J connectivity index is 1.62. The highest BCUT2D eigenvalue weighted by Crippen LogP contribution is 2.25. The van der Waals surface area contributed by atoms with Crippen molar-refractivity contribution in [2.75, 3.05) is 26.4 Å². The molecule has 2 unspecified atom stereocenters. The van der Waals surface area contributed by atoms with Gasteiger partial charge in [-0.1, -0.05) is 0 Å². The number of epoxide rings is 2. The number of esters is 2. The molecule has 0 spiro atoms. The minimum Gasteiger partial charge on any atom is -0.463 e. The summed E-state index contributed by atoms with van der Waals surface area (Å²) in [5.41, 5.74) is -0.690. The van der Waals surface area contributed by atoms with Crippen molar-refractivity contribution in [3.63, 3.8) is 0 Å². The van der Waals surface area contributed by atoms with Gasteiger partial charge < -0.3 is 18.9 Å². The minimum absolute atomic E-state index is 0.0586. The van der Waals surface area contributed by atoms with Gasteiger partial charge >= 0.3 is 11.9 Å². The van der Waals surface area contributed by atoms with Crippen molar-refractivity contribution in [3.05, 3.63) is 0 Å². The monoisotopic (exact) mass is 272 g/mol. The Labute approximate surface area is 112 Å². The normalized spacial score (nSPS) is 24.7. The molecule has 0 N–H and O–H groups in total. The summed E-state index contributed by atoms with van der Waals surface area (Å²) in [6, 6.07) is 0. The molecule has 108 valence electrons. The summed E-state index contributed by atoms with van der Waals surface area (Å²) in [5.74, 6) is -0.608. The highest BCUT2D eigenvalue weighted by atomic mass is 16.6. The molecule has 2 aliphatic rings. The van der Waals surface area contributed by atoms with Crippen molar-refractivity contribution in [1.29, 1.82) is 0 Å². The predicted molar refractivity (Wildman–Crippen MR) is 64.4 cm³/mol. The van der Waals surface area contributed by atoms with Crippen LogP contribution in [0.5, 0.6) is 0 Å². The van der Waals surface area contributed by atoms with E-state index in [-0.39, 0.29) is 30.6 Å². The molecule has 2 aliphatic heterocycles. The van der Waals surface area contributed by atoms with E-state index in [0.29, 0.717) is 32.8 Å². The minimum atomic E-state index is -0.690. The van der Waals surface area contributed by atoms with Gasteiger partial charge in [0.25, 0.3) is 0 Å². The average molecular weight is 272 g/mol. The summed E-state index contributed by atoms with van der Waals surface area (Å²) in [6.45, 7) is 5.45. The first kappa shape index (κ1) is 14.3. The first-order chi connectivity index (χ1) is 8.97. The van der Waals surface area contributed by atoms with E-state index in [0.717, 1.165) is 0 Å². The van der Waals surface area contributed by atoms with Crippen LogP contribution in [0, 0.1) is 5.41 Å². The Hall–Kier alpha value is -1.14. The largest absolute Gasteiger partial charge is 0.463 e. The molecular formula is C13H20O6. The highest BCUT2D eigenvalue weighted by molar-refractivity contribution is 5.77. The fraction of sp³-hybridized carbons (Fsp3) is 0.846. The molecule has 2 heterocycles. The number of rotatable bonds is 8. The second-order valence-corrected chi connectivity index (χ2v) is 5.58. The van der Waals surface area contributed by atoms with Gasteiger partial charge in [-0.2, -0.15) is 0 Å². The Morgan fingerprint density at radius 3 is 2.16 bits per heavy atom. The molecular weight excluding hydrogens is 252 g/mol. The van der Waals surface area contributed by atoms with E-state index in [9.17, 15) is 9.59 Å². The zero-order valence-electron chi connectivity index (χ0n) is 11.3. The quantitative estimate of drug-likeness (QED) is 0.477. The third kappa shape index (κ3) is 5.16. The van der Waals surface area contributed by atoms with Gasteiger partial charge in [0, 0.05) is 6.42 Å². The van der Waals surface area contributed by atoms with Gasteiger partial charge in [-0.3, -0.25) is 9.59 Å². The van der Waals surface area contributed by atoms with E-state index in [1.807, 2.05) is 0 Å². The maximum atomic E-state index is 11.8. The Morgan fingerprint density at radius 1 is 1.11 bits per heavy atom. The highest BCUT2D eigenvalue weighted by Gasteiger charge is 2.33. The molecule has 0 saturated carbocycles. The summed E-state index contributed by atoms with van der Waals surface area (Å²) in [6.07, 6.45) is 0.736. The molecule has 2 fully saturated rings. The van der Waals surface area contributed by atoms with Crippen LogP contribution in [-0.2, 0) is 28.5 Å². The zero-order chi connectivity index (χ0) is 13.9. The molecule has 0 bridgehead atoms. The molecule has 19 heavy (non-hydrogen) atoms. The average Bonchev–Trinajstić information content (AvgIpc) is 3.25. The molecule has 2 rings (SSSR count). The molecule has 0 aromatic heterocycles. The molecule has 0 aromatic rings. The molecule has 0 aromatic carbocycles. The molecule has 2 atom stereocenters. The van der Waals surface area contributed by atoms with E-state index in [2.05, 4.69) is 0 Å². The second-order valence-electron chi connectivity index (χ2n) is 5.58. The summed E-state index contributed by atoms with van der Waals surface area (Å²) in [5, 5.41) is 0. The maximum Gasteiger partial charge on any atom is 0.311 e. The lowest BCUT2D eigenvalue weighted by Crippen LogP contribution is -2.29. The van der Waals surface area contributed by atoms with Gasteiger partial charge in [-0.25, -0.2) is 0 Å². The third-order valence-electron chi connectivity index (χ3n) is 3.14. The summed E-state index contributed by atoms with van der Waals surface area (Å²) < 4.78 is 20.1. The van der Waals surface area contributed by atoms with Crippen molar-refractivity contribution in [2.24, 2.45) is 5.41 Å². The van der Waals surface area contributed by atoms with Crippen LogP contribution in [0.4, 0.5) is 0 Å². The summed E-state index contributed by atoms with van der Waals surface area (Å²) >= 11 is 0. The van der Waals surface area contributed by atoms with Crippen LogP contribution in [0.1, 0.15) is 26.7 Å². The van der Waals surface area contributed by atoms with Crippen molar-refractivity contribution in [3.8, 4) is 0 Å². The lowest BCUT2D eigenvalue weighted by Gasteiger charge is -2.21. The molecule has 2 saturated heterocycles. The first-order valence-corrected chi connectivity index (χ1v) is 6.53. The fourth-order valence-electron chi connectivity index (χ4n) is 1.47. The Morgan fingerprint density at radius 2 is 1.63 bits per heavy atom. The lowest BCUT2D eigenvalue weighted by atomic mass is 9.88. The van der Waals surface area contributed by atoms with Crippen LogP contribution >= 0.6 is 0 Å². The van der Waals surface area contributed by atoms with Gasteiger partial charge in [-0.05, 0) is 20.3 Å². The van der Waals surface area contributed by atoms with E-state index < -0.39 is 5.41 Å². The lowest BCUT2D eigenvalue weighted by molar-refractivity contribution is -0.155. The number of carbonyl (C=O) groups is 2. The maximum absolute atomic E-state index is 11.8. The number of ether oxygens (including phenoxy) is 4.